The van der Waals surface area contributed by atoms with Crippen LogP contribution in [0.15, 0.2) is 83.5 Å². The number of nitrogens with one attached hydrogen (secondary N) is 1. The van der Waals surface area contributed by atoms with Crippen molar-refractivity contribution in [2.45, 2.75) is 13.2 Å². The Morgan fingerprint density at radius 2 is 1.88 bits per heavy atom. The average molecular weight is 333 g/mol. The van der Waals surface area contributed by atoms with Crippen molar-refractivity contribution in [3.63, 3.8) is 0 Å². The molecule has 1 amide bonds. The molecule has 0 saturated heterocycles. The third-order valence-electron chi connectivity index (χ3n) is 3.51. The number of amides is 1. The molecule has 3 rings (SSSR count). The van der Waals surface area contributed by atoms with Crippen LogP contribution in [0.5, 0.6) is 0 Å². The predicted octanol–water partition coefficient (Wildman–Crippen LogP) is 4.65. The van der Waals surface area contributed by atoms with Crippen LogP contribution in [0, 0.1) is 0 Å². The van der Waals surface area contributed by atoms with Gasteiger partial charge in [-0.05, 0) is 41.5 Å². The molecule has 126 valence electrons. The second-order valence-electron chi connectivity index (χ2n) is 5.51. The SMILES string of the molecule is O=C(/C=C/c1ccccc1)Nc1cccc(COCc2ccco2)c1. The van der Waals surface area contributed by atoms with Gasteiger partial charge in [0, 0.05) is 11.8 Å². The van der Waals surface area contributed by atoms with E-state index < -0.39 is 0 Å². The van der Waals surface area contributed by atoms with Gasteiger partial charge in [0.25, 0.3) is 0 Å². The Labute approximate surface area is 146 Å². The van der Waals surface area contributed by atoms with Gasteiger partial charge in [0.05, 0.1) is 12.9 Å². The molecule has 3 aromatic rings. The highest BCUT2D eigenvalue weighted by atomic mass is 16.5. The number of hydrogen-bond donors (Lipinski definition) is 1. The summed E-state index contributed by atoms with van der Waals surface area (Å²) in [6.07, 6.45) is 4.93. The fourth-order valence-electron chi connectivity index (χ4n) is 2.32. The van der Waals surface area contributed by atoms with Crippen LogP contribution in [0.1, 0.15) is 16.9 Å². The smallest absolute Gasteiger partial charge is 0.248 e. The van der Waals surface area contributed by atoms with E-state index in [1.165, 1.54) is 6.08 Å². The van der Waals surface area contributed by atoms with Gasteiger partial charge in [-0.25, -0.2) is 0 Å². The highest BCUT2D eigenvalue weighted by Gasteiger charge is 2.01. The number of benzene rings is 2. The van der Waals surface area contributed by atoms with E-state index in [9.17, 15) is 4.79 Å². The number of carbonyl (C=O) groups excluding carboxylic acids is 1. The summed E-state index contributed by atoms with van der Waals surface area (Å²) in [5, 5.41) is 2.86. The number of carbonyl (C=O) groups is 1. The third-order valence-corrected chi connectivity index (χ3v) is 3.51. The first-order valence-electron chi connectivity index (χ1n) is 8.03. The van der Waals surface area contributed by atoms with Gasteiger partial charge in [0.2, 0.25) is 5.91 Å². The second kappa shape index (κ2) is 8.66. The normalized spacial score (nSPS) is 10.9. The van der Waals surface area contributed by atoms with E-state index in [2.05, 4.69) is 5.32 Å². The maximum Gasteiger partial charge on any atom is 0.248 e. The van der Waals surface area contributed by atoms with Crippen LogP contribution in [-0.4, -0.2) is 5.91 Å². The standard InChI is InChI=1S/C21H19NO3/c23-21(12-11-17-6-2-1-3-7-17)22-19-9-4-8-18(14-19)15-24-16-20-10-5-13-25-20/h1-14H,15-16H2,(H,22,23)/b12-11+. The lowest BCUT2D eigenvalue weighted by atomic mass is 10.2. The lowest BCUT2D eigenvalue weighted by Gasteiger charge is -2.06. The summed E-state index contributed by atoms with van der Waals surface area (Å²) in [6, 6.07) is 21.0. The number of furan rings is 1. The Hall–Kier alpha value is -3.11. The molecule has 4 nitrogen and oxygen atoms in total. The zero-order valence-electron chi connectivity index (χ0n) is 13.7. The van der Waals surface area contributed by atoms with Gasteiger partial charge >= 0.3 is 0 Å². The highest BCUT2D eigenvalue weighted by molar-refractivity contribution is 6.01. The molecule has 0 atom stereocenters. The van der Waals surface area contributed by atoms with E-state index >= 15 is 0 Å². The Bertz CT molecular complexity index is 823. The Balaban J connectivity index is 1.52. The quantitative estimate of drug-likeness (QED) is 0.640. The summed E-state index contributed by atoms with van der Waals surface area (Å²) >= 11 is 0. The van der Waals surface area contributed by atoms with E-state index in [-0.39, 0.29) is 5.91 Å². The monoisotopic (exact) mass is 333 g/mol. The predicted molar refractivity (Wildman–Crippen MR) is 97.7 cm³/mol. The maximum absolute atomic E-state index is 12.0. The fourth-order valence-corrected chi connectivity index (χ4v) is 2.32. The Morgan fingerprint density at radius 3 is 2.68 bits per heavy atom. The van der Waals surface area contributed by atoms with E-state index in [4.69, 9.17) is 9.15 Å². The van der Waals surface area contributed by atoms with E-state index in [1.807, 2.05) is 66.7 Å². The Kier molecular flexibility index (Phi) is 5.80. The fraction of sp³-hybridized carbons (Fsp3) is 0.0952. The summed E-state index contributed by atoms with van der Waals surface area (Å²) < 4.78 is 10.8. The summed E-state index contributed by atoms with van der Waals surface area (Å²) in [4.78, 5) is 12.0. The Morgan fingerprint density at radius 1 is 1.00 bits per heavy atom. The largest absolute Gasteiger partial charge is 0.467 e. The highest BCUT2D eigenvalue weighted by Crippen LogP contribution is 2.13. The van der Waals surface area contributed by atoms with Crippen LogP contribution < -0.4 is 5.32 Å². The van der Waals surface area contributed by atoms with Crippen molar-refractivity contribution in [2.24, 2.45) is 0 Å². The minimum Gasteiger partial charge on any atom is -0.467 e. The van der Waals surface area contributed by atoms with Gasteiger partial charge in [-0.1, -0.05) is 42.5 Å². The molecule has 0 aliphatic rings. The molecule has 1 N–H and O–H groups in total. The molecule has 1 aromatic heterocycles. The zero-order chi connectivity index (χ0) is 17.3. The molecule has 0 fully saturated rings. The van der Waals surface area contributed by atoms with Gasteiger partial charge in [-0.3, -0.25) is 4.79 Å². The summed E-state index contributed by atoms with van der Waals surface area (Å²) in [5.41, 5.74) is 2.70. The summed E-state index contributed by atoms with van der Waals surface area (Å²) in [5.74, 6) is 0.619. The number of ether oxygens (including phenoxy) is 1. The number of hydrogen-bond acceptors (Lipinski definition) is 3. The minimum absolute atomic E-state index is 0.169. The average Bonchev–Trinajstić information content (AvgIpc) is 3.15. The van der Waals surface area contributed by atoms with Crippen LogP contribution >= 0.6 is 0 Å². The van der Waals surface area contributed by atoms with Crippen LogP contribution in [0.3, 0.4) is 0 Å². The molecule has 0 aliphatic carbocycles. The lowest BCUT2D eigenvalue weighted by molar-refractivity contribution is -0.111. The molecule has 0 aliphatic heterocycles. The van der Waals surface area contributed by atoms with E-state index in [0.717, 1.165) is 22.6 Å². The molecule has 0 bridgehead atoms. The molecule has 0 spiro atoms. The lowest BCUT2D eigenvalue weighted by Crippen LogP contribution is -2.08. The van der Waals surface area contributed by atoms with Crippen molar-refractivity contribution in [3.8, 4) is 0 Å². The topological polar surface area (TPSA) is 51.5 Å². The molecule has 4 heteroatoms. The third kappa shape index (κ3) is 5.48. The molecular formula is C21H19NO3. The van der Waals surface area contributed by atoms with Crippen molar-refractivity contribution >= 4 is 17.7 Å². The first-order chi connectivity index (χ1) is 12.3. The molecule has 25 heavy (non-hydrogen) atoms. The minimum atomic E-state index is -0.169. The number of anilines is 1. The molecule has 0 radical (unpaired) electrons. The summed E-state index contributed by atoms with van der Waals surface area (Å²) in [6.45, 7) is 0.869. The summed E-state index contributed by atoms with van der Waals surface area (Å²) in [7, 11) is 0. The molecule has 0 saturated carbocycles. The van der Waals surface area contributed by atoms with Crippen LogP contribution in [0.2, 0.25) is 0 Å². The van der Waals surface area contributed by atoms with Gasteiger partial charge in [0.1, 0.15) is 12.4 Å². The van der Waals surface area contributed by atoms with E-state index in [1.54, 1.807) is 12.3 Å². The van der Waals surface area contributed by atoms with Crippen LogP contribution in [-0.2, 0) is 22.7 Å². The first kappa shape index (κ1) is 16.7. The first-order valence-corrected chi connectivity index (χ1v) is 8.03. The van der Waals surface area contributed by atoms with Crippen molar-refractivity contribution in [1.29, 1.82) is 0 Å². The van der Waals surface area contributed by atoms with Crippen LogP contribution in [0.4, 0.5) is 5.69 Å². The van der Waals surface area contributed by atoms with Gasteiger partial charge in [-0.2, -0.15) is 0 Å². The molecular weight excluding hydrogens is 314 g/mol. The zero-order valence-corrected chi connectivity index (χ0v) is 13.7. The van der Waals surface area contributed by atoms with Gasteiger partial charge in [-0.15, -0.1) is 0 Å². The van der Waals surface area contributed by atoms with E-state index in [0.29, 0.717) is 13.2 Å². The molecule has 1 heterocycles. The van der Waals surface area contributed by atoms with Crippen LogP contribution in [0.25, 0.3) is 6.08 Å². The maximum atomic E-state index is 12.0. The van der Waals surface area contributed by atoms with Gasteiger partial charge in [0.15, 0.2) is 0 Å². The van der Waals surface area contributed by atoms with Gasteiger partial charge < -0.3 is 14.5 Å². The van der Waals surface area contributed by atoms with Crippen molar-refractivity contribution < 1.29 is 13.9 Å². The molecule has 0 unspecified atom stereocenters. The van der Waals surface area contributed by atoms with Crippen molar-refractivity contribution in [1.82, 2.24) is 0 Å². The second-order valence-corrected chi connectivity index (χ2v) is 5.51. The van der Waals surface area contributed by atoms with Crippen molar-refractivity contribution in [2.75, 3.05) is 5.32 Å². The van der Waals surface area contributed by atoms with Crippen molar-refractivity contribution in [3.05, 3.63) is 96.0 Å². The molecule has 2 aromatic carbocycles. The number of rotatable bonds is 7.